The largest absolute Gasteiger partial charge is 0.494 e. The Kier molecular flexibility index (Phi) is 7.84. The summed E-state index contributed by atoms with van der Waals surface area (Å²) in [6, 6.07) is 13.2. The number of rotatable bonds is 10. The van der Waals surface area contributed by atoms with E-state index in [1.807, 2.05) is 0 Å². The van der Waals surface area contributed by atoms with Crippen LogP contribution in [0.5, 0.6) is 11.5 Å². The lowest BCUT2D eigenvalue weighted by Gasteiger charge is -2.13. The van der Waals surface area contributed by atoms with E-state index in [-0.39, 0.29) is 0 Å². The number of hydrogen-bond donors (Lipinski definition) is 0. The molecule has 2 aromatic carbocycles. The van der Waals surface area contributed by atoms with Crippen LogP contribution in [0, 0.1) is 0 Å². The van der Waals surface area contributed by atoms with Crippen molar-refractivity contribution in [2.24, 2.45) is 0 Å². The predicted molar refractivity (Wildman–Crippen MR) is 107 cm³/mol. The molecule has 0 amide bonds. The number of unbranched alkanes of at least 4 members (excludes halogenated alkanes) is 1. The zero-order valence-corrected chi connectivity index (χ0v) is 16.2. The number of aryl methyl sites for hydroxylation is 2. The van der Waals surface area contributed by atoms with E-state index < -0.39 is 0 Å². The molecule has 0 aliphatic rings. The molecule has 0 aliphatic carbocycles. The lowest BCUT2D eigenvalue weighted by molar-refractivity contribution is 0.309. The molecule has 2 heteroatoms. The molecule has 2 aromatic rings. The Hall–Kier alpha value is -1.96. The molecule has 0 N–H and O–H groups in total. The summed E-state index contributed by atoms with van der Waals surface area (Å²) < 4.78 is 11.9. The molecule has 0 aromatic heterocycles. The summed E-state index contributed by atoms with van der Waals surface area (Å²) in [5.41, 5.74) is 5.03. The molecule has 0 atom stereocenters. The Morgan fingerprint density at radius 3 is 1.56 bits per heavy atom. The minimum Gasteiger partial charge on any atom is -0.494 e. The molecule has 0 heterocycles. The van der Waals surface area contributed by atoms with Crippen molar-refractivity contribution >= 4 is 0 Å². The van der Waals surface area contributed by atoms with Crippen LogP contribution >= 0.6 is 0 Å². The second kappa shape index (κ2) is 10.1. The van der Waals surface area contributed by atoms with Gasteiger partial charge < -0.3 is 9.47 Å². The highest BCUT2D eigenvalue weighted by atomic mass is 16.5. The second-order valence-electron chi connectivity index (χ2n) is 6.49. The predicted octanol–water partition coefficient (Wildman–Crippen LogP) is 6.45. The normalized spacial score (nSPS) is 10.7. The summed E-state index contributed by atoms with van der Waals surface area (Å²) in [6.07, 6.45) is 5.27. The zero-order chi connectivity index (χ0) is 18.1. The first kappa shape index (κ1) is 19.4. The highest BCUT2D eigenvalue weighted by Gasteiger charge is 2.07. The van der Waals surface area contributed by atoms with Gasteiger partial charge in [-0.25, -0.2) is 0 Å². The molecule has 0 radical (unpaired) electrons. The van der Waals surface area contributed by atoms with Crippen LogP contribution in [0.1, 0.15) is 58.1 Å². The van der Waals surface area contributed by atoms with E-state index in [4.69, 9.17) is 9.47 Å². The van der Waals surface area contributed by atoms with E-state index in [0.29, 0.717) is 0 Å². The van der Waals surface area contributed by atoms with Crippen LogP contribution in [-0.2, 0) is 12.8 Å². The van der Waals surface area contributed by atoms with Crippen molar-refractivity contribution in [1.29, 1.82) is 0 Å². The topological polar surface area (TPSA) is 18.5 Å². The van der Waals surface area contributed by atoms with Crippen LogP contribution in [0.25, 0.3) is 11.1 Å². The van der Waals surface area contributed by atoms with Crippen LogP contribution in [0.3, 0.4) is 0 Å². The van der Waals surface area contributed by atoms with Crippen molar-refractivity contribution in [3.63, 3.8) is 0 Å². The molecule has 0 fully saturated rings. The monoisotopic (exact) mass is 340 g/mol. The molecule has 2 rings (SSSR count). The molecular formula is C23H32O2. The van der Waals surface area contributed by atoms with Gasteiger partial charge in [0, 0.05) is 0 Å². The van der Waals surface area contributed by atoms with Gasteiger partial charge in [0.05, 0.1) is 13.2 Å². The van der Waals surface area contributed by atoms with Gasteiger partial charge in [0.15, 0.2) is 0 Å². The van der Waals surface area contributed by atoms with Crippen LogP contribution in [0.15, 0.2) is 36.4 Å². The lowest BCUT2D eigenvalue weighted by atomic mass is 9.98. The minimum absolute atomic E-state index is 0.757. The first-order chi connectivity index (χ1) is 12.2. The molecule has 0 spiro atoms. The molecule has 2 nitrogen and oxygen atoms in total. The van der Waals surface area contributed by atoms with E-state index in [1.54, 1.807) is 0 Å². The number of ether oxygens (including phenoxy) is 2. The smallest absolute Gasteiger partial charge is 0.120 e. The van der Waals surface area contributed by atoms with E-state index in [9.17, 15) is 0 Å². The van der Waals surface area contributed by atoms with Crippen molar-refractivity contribution in [2.45, 2.75) is 59.8 Å². The standard InChI is InChI=1S/C23H32O2/c1-5-9-11-25-23-15-19(8-4)13-21(17-23)20-12-18(7-3)14-22(16-20)24-10-6-2/h12-17H,5-11H2,1-4H3. The highest BCUT2D eigenvalue weighted by Crippen LogP contribution is 2.31. The van der Waals surface area contributed by atoms with Gasteiger partial charge in [-0.1, -0.05) is 46.2 Å². The van der Waals surface area contributed by atoms with Gasteiger partial charge in [-0.2, -0.15) is 0 Å². The third-order valence-electron chi connectivity index (χ3n) is 4.32. The summed E-state index contributed by atoms with van der Waals surface area (Å²) >= 11 is 0. The summed E-state index contributed by atoms with van der Waals surface area (Å²) in [6.45, 7) is 10.2. The highest BCUT2D eigenvalue weighted by molar-refractivity contribution is 5.68. The average molecular weight is 341 g/mol. The molecule has 136 valence electrons. The van der Waals surface area contributed by atoms with E-state index in [1.165, 1.54) is 22.3 Å². The van der Waals surface area contributed by atoms with Gasteiger partial charge in [-0.15, -0.1) is 0 Å². The van der Waals surface area contributed by atoms with Crippen molar-refractivity contribution < 1.29 is 9.47 Å². The van der Waals surface area contributed by atoms with Crippen molar-refractivity contribution in [3.8, 4) is 22.6 Å². The quantitative estimate of drug-likeness (QED) is 0.463. The Morgan fingerprint density at radius 1 is 0.600 bits per heavy atom. The van der Waals surface area contributed by atoms with Crippen molar-refractivity contribution in [2.75, 3.05) is 13.2 Å². The molecule has 0 bridgehead atoms. The van der Waals surface area contributed by atoms with Crippen molar-refractivity contribution in [1.82, 2.24) is 0 Å². The fourth-order valence-corrected chi connectivity index (χ4v) is 2.78. The first-order valence-corrected chi connectivity index (χ1v) is 9.74. The first-order valence-electron chi connectivity index (χ1n) is 9.74. The second-order valence-corrected chi connectivity index (χ2v) is 6.49. The molecule has 0 unspecified atom stereocenters. The number of hydrogen-bond acceptors (Lipinski definition) is 2. The lowest BCUT2D eigenvalue weighted by Crippen LogP contribution is -1.99. The SMILES string of the molecule is CCCCOc1cc(CC)cc(-c2cc(CC)cc(OCCC)c2)c1. The number of benzene rings is 2. The maximum Gasteiger partial charge on any atom is 0.120 e. The Morgan fingerprint density at radius 2 is 1.12 bits per heavy atom. The van der Waals surface area contributed by atoms with Crippen LogP contribution in [-0.4, -0.2) is 13.2 Å². The fraction of sp³-hybridized carbons (Fsp3) is 0.478. The van der Waals surface area contributed by atoms with Gasteiger partial charge in [-0.05, 0) is 72.2 Å². The van der Waals surface area contributed by atoms with Crippen LogP contribution in [0.4, 0.5) is 0 Å². The molecule has 0 saturated carbocycles. The van der Waals surface area contributed by atoms with Gasteiger partial charge in [0.25, 0.3) is 0 Å². The molecule has 0 aliphatic heterocycles. The Bertz CT molecular complexity index is 661. The van der Waals surface area contributed by atoms with E-state index in [2.05, 4.69) is 64.1 Å². The van der Waals surface area contributed by atoms with Gasteiger partial charge in [0.2, 0.25) is 0 Å². The fourth-order valence-electron chi connectivity index (χ4n) is 2.78. The van der Waals surface area contributed by atoms with Crippen molar-refractivity contribution in [3.05, 3.63) is 47.5 Å². The van der Waals surface area contributed by atoms with E-state index >= 15 is 0 Å². The molecule has 0 saturated heterocycles. The average Bonchev–Trinajstić information content (AvgIpc) is 2.66. The summed E-state index contributed by atoms with van der Waals surface area (Å²) in [5, 5.41) is 0. The summed E-state index contributed by atoms with van der Waals surface area (Å²) in [4.78, 5) is 0. The zero-order valence-electron chi connectivity index (χ0n) is 16.2. The summed E-state index contributed by atoms with van der Waals surface area (Å²) in [5.74, 6) is 1.94. The van der Waals surface area contributed by atoms with E-state index in [0.717, 1.165) is 56.8 Å². The molecular weight excluding hydrogens is 308 g/mol. The Balaban J connectivity index is 2.36. The van der Waals surface area contributed by atoms with Crippen LogP contribution < -0.4 is 9.47 Å². The van der Waals surface area contributed by atoms with Gasteiger partial charge >= 0.3 is 0 Å². The molecule has 25 heavy (non-hydrogen) atoms. The van der Waals surface area contributed by atoms with Gasteiger partial charge in [-0.3, -0.25) is 0 Å². The van der Waals surface area contributed by atoms with Crippen LogP contribution in [0.2, 0.25) is 0 Å². The summed E-state index contributed by atoms with van der Waals surface area (Å²) in [7, 11) is 0. The third kappa shape index (κ3) is 5.81. The maximum absolute atomic E-state index is 5.97. The Labute approximate surface area is 153 Å². The minimum atomic E-state index is 0.757. The maximum atomic E-state index is 5.97. The third-order valence-corrected chi connectivity index (χ3v) is 4.32. The van der Waals surface area contributed by atoms with Gasteiger partial charge in [0.1, 0.15) is 11.5 Å².